The molecule has 0 aliphatic carbocycles. The molecule has 1 nitrogen and oxygen atoms in total. The van der Waals surface area contributed by atoms with E-state index in [0.717, 1.165) is 18.8 Å². The summed E-state index contributed by atoms with van der Waals surface area (Å²) in [5.74, 6) is 0.772. The molecule has 0 bridgehead atoms. The zero-order valence-electron chi connectivity index (χ0n) is 7.23. The molecule has 0 aliphatic heterocycles. The van der Waals surface area contributed by atoms with E-state index in [2.05, 4.69) is 13.8 Å². The molecule has 0 saturated heterocycles. The van der Waals surface area contributed by atoms with Crippen LogP contribution in [0.3, 0.4) is 0 Å². The Morgan fingerprint density at radius 3 is 2.30 bits per heavy atom. The van der Waals surface area contributed by atoms with Crippen molar-refractivity contribution in [2.45, 2.75) is 46.0 Å². The fraction of sp³-hybridized carbons (Fsp3) is 1.00. The van der Waals surface area contributed by atoms with Crippen molar-refractivity contribution in [2.24, 2.45) is 5.92 Å². The van der Waals surface area contributed by atoms with Crippen molar-refractivity contribution in [1.82, 2.24) is 0 Å². The zero-order valence-corrected chi connectivity index (χ0v) is 7.23. The van der Waals surface area contributed by atoms with Crippen molar-refractivity contribution >= 4 is 0 Å². The Kier molecular flexibility index (Phi) is 7.04. The Hall–Kier alpha value is -0.0400. The summed E-state index contributed by atoms with van der Waals surface area (Å²) in [4.78, 5) is 0. The molecule has 61 valence electrons. The highest BCUT2D eigenvalue weighted by Crippen LogP contribution is 2.12. The highest BCUT2D eigenvalue weighted by Gasteiger charge is 1.99. The Bertz CT molecular complexity index is 53.7. The fourth-order valence-electron chi connectivity index (χ4n) is 1.13. The molecule has 1 radical (unpaired) electrons. The van der Waals surface area contributed by atoms with Crippen LogP contribution >= 0.6 is 0 Å². The van der Waals surface area contributed by atoms with Gasteiger partial charge in [-0.3, -0.25) is 0 Å². The minimum atomic E-state index is 0.108. The first-order valence-corrected chi connectivity index (χ1v) is 4.39. The smallest absolute Gasteiger partial charge is 0.0822 e. The molecular formula is C9H19O. The van der Waals surface area contributed by atoms with Crippen LogP contribution in [-0.4, -0.2) is 6.61 Å². The molecule has 0 amide bonds. The van der Waals surface area contributed by atoms with Gasteiger partial charge in [-0.1, -0.05) is 33.1 Å². The molecule has 1 unspecified atom stereocenters. The van der Waals surface area contributed by atoms with E-state index in [1.165, 1.54) is 19.3 Å². The van der Waals surface area contributed by atoms with Crippen molar-refractivity contribution in [1.29, 1.82) is 0 Å². The summed E-state index contributed by atoms with van der Waals surface area (Å²) in [6, 6.07) is 0. The molecule has 0 aromatic rings. The summed E-state index contributed by atoms with van der Waals surface area (Å²) in [5, 5.41) is 10.1. The lowest BCUT2D eigenvalue weighted by Crippen LogP contribution is -1.95. The van der Waals surface area contributed by atoms with Crippen molar-refractivity contribution in [2.75, 3.05) is 6.61 Å². The van der Waals surface area contributed by atoms with Gasteiger partial charge in [0, 0.05) is 0 Å². The third-order valence-electron chi connectivity index (χ3n) is 1.89. The summed E-state index contributed by atoms with van der Waals surface area (Å²) in [7, 11) is 0. The molecule has 0 aromatic carbocycles. The SMILES string of the molecule is CCCCC(C)CCC[O]. The summed E-state index contributed by atoms with van der Waals surface area (Å²) < 4.78 is 0. The molecule has 0 heterocycles. The van der Waals surface area contributed by atoms with E-state index in [1.54, 1.807) is 0 Å². The van der Waals surface area contributed by atoms with E-state index in [4.69, 9.17) is 0 Å². The lowest BCUT2D eigenvalue weighted by molar-refractivity contribution is 0.180. The van der Waals surface area contributed by atoms with E-state index < -0.39 is 0 Å². The van der Waals surface area contributed by atoms with Gasteiger partial charge < -0.3 is 0 Å². The van der Waals surface area contributed by atoms with Gasteiger partial charge in [0.25, 0.3) is 0 Å². The summed E-state index contributed by atoms with van der Waals surface area (Å²) in [6.07, 6.45) is 5.90. The second-order valence-corrected chi connectivity index (χ2v) is 3.09. The van der Waals surface area contributed by atoms with E-state index in [9.17, 15) is 5.11 Å². The maximum absolute atomic E-state index is 10.1. The van der Waals surface area contributed by atoms with Gasteiger partial charge in [0.05, 0.1) is 6.61 Å². The van der Waals surface area contributed by atoms with Crippen LogP contribution in [-0.2, 0) is 5.11 Å². The molecule has 0 aromatic heterocycles. The second-order valence-electron chi connectivity index (χ2n) is 3.09. The van der Waals surface area contributed by atoms with Crippen LogP contribution in [0.1, 0.15) is 46.0 Å². The van der Waals surface area contributed by atoms with E-state index >= 15 is 0 Å². The van der Waals surface area contributed by atoms with Gasteiger partial charge in [0.1, 0.15) is 0 Å². The summed E-state index contributed by atoms with van der Waals surface area (Å²) >= 11 is 0. The van der Waals surface area contributed by atoms with Crippen LogP contribution < -0.4 is 0 Å². The zero-order chi connectivity index (χ0) is 7.82. The predicted molar refractivity (Wildman–Crippen MR) is 43.5 cm³/mol. The number of unbranched alkanes of at least 4 members (excludes halogenated alkanes) is 1. The first kappa shape index (κ1) is 9.96. The lowest BCUT2D eigenvalue weighted by Gasteiger charge is -2.07. The molecule has 0 saturated carbocycles. The van der Waals surface area contributed by atoms with Crippen LogP contribution in [0, 0.1) is 5.92 Å². The molecule has 10 heavy (non-hydrogen) atoms. The monoisotopic (exact) mass is 143 g/mol. The maximum Gasteiger partial charge on any atom is 0.0822 e. The number of rotatable bonds is 6. The molecule has 0 N–H and O–H groups in total. The highest BCUT2D eigenvalue weighted by molar-refractivity contribution is 4.52. The quantitative estimate of drug-likeness (QED) is 0.544. The molecule has 1 atom stereocenters. The van der Waals surface area contributed by atoms with Crippen LogP contribution in [0.25, 0.3) is 0 Å². The topological polar surface area (TPSA) is 19.9 Å². The van der Waals surface area contributed by atoms with E-state index in [0.29, 0.717) is 0 Å². The number of hydrogen-bond donors (Lipinski definition) is 0. The van der Waals surface area contributed by atoms with Gasteiger partial charge in [-0.15, -0.1) is 0 Å². The third kappa shape index (κ3) is 6.09. The van der Waals surface area contributed by atoms with E-state index in [-0.39, 0.29) is 6.61 Å². The van der Waals surface area contributed by atoms with Crippen LogP contribution in [0.15, 0.2) is 0 Å². The standard InChI is InChI=1S/C9H19O/c1-3-4-6-9(2)7-5-8-10/h9H,3-8H2,1-2H3. The molecule has 0 rings (SSSR count). The van der Waals surface area contributed by atoms with Crippen LogP contribution in [0.2, 0.25) is 0 Å². The van der Waals surface area contributed by atoms with Gasteiger partial charge in [-0.2, -0.15) is 0 Å². The molecule has 0 aliphatic rings. The minimum Gasteiger partial charge on any atom is -0.237 e. The van der Waals surface area contributed by atoms with Gasteiger partial charge in [0.15, 0.2) is 0 Å². The van der Waals surface area contributed by atoms with Crippen LogP contribution in [0.4, 0.5) is 0 Å². The second kappa shape index (κ2) is 7.07. The predicted octanol–water partition coefficient (Wildman–Crippen LogP) is 3.02. The Morgan fingerprint density at radius 2 is 1.80 bits per heavy atom. The van der Waals surface area contributed by atoms with Gasteiger partial charge in [-0.25, -0.2) is 5.11 Å². The Labute approximate surface area is 64.5 Å². The first-order chi connectivity index (χ1) is 4.81. The maximum atomic E-state index is 10.1. The summed E-state index contributed by atoms with van der Waals surface area (Å²) in [6.45, 7) is 4.56. The molecule has 0 fully saturated rings. The van der Waals surface area contributed by atoms with Gasteiger partial charge >= 0.3 is 0 Å². The van der Waals surface area contributed by atoms with Crippen molar-refractivity contribution < 1.29 is 5.11 Å². The van der Waals surface area contributed by atoms with Crippen molar-refractivity contribution in [3.8, 4) is 0 Å². The minimum absolute atomic E-state index is 0.108. The Balaban J connectivity index is 3.00. The van der Waals surface area contributed by atoms with Crippen molar-refractivity contribution in [3.05, 3.63) is 0 Å². The van der Waals surface area contributed by atoms with Gasteiger partial charge in [0.2, 0.25) is 0 Å². The molecule has 0 spiro atoms. The van der Waals surface area contributed by atoms with E-state index in [1.807, 2.05) is 0 Å². The largest absolute Gasteiger partial charge is 0.237 e. The third-order valence-corrected chi connectivity index (χ3v) is 1.89. The van der Waals surface area contributed by atoms with Crippen LogP contribution in [0.5, 0.6) is 0 Å². The summed E-state index contributed by atoms with van der Waals surface area (Å²) in [5.41, 5.74) is 0. The Morgan fingerprint density at radius 1 is 1.20 bits per heavy atom. The first-order valence-electron chi connectivity index (χ1n) is 4.39. The lowest BCUT2D eigenvalue weighted by atomic mass is 9.99. The molecule has 1 heteroatoms. The number of hydrogen-bond acceptors (Lipinski definition) is 0. The molecular weight excluding hydrogens is 124 g/mol. The fourth-order valence-corrected chi connectivity index (χ4v) is 1.13. The average Bonchev–Trinajstić information content (AvgIpc) is 1.97. The van der Waals surface area contributed by atoms with Crippen molar-refractivity contribution in [3.63, 3.8) is 0 Å². The normalized spacial score (nSPS) is 13.5. The highest BCUT2D eigenvalue weighted by atomic mass is 16.2. The average molecular weight is 143 g/mol. The van der Waals surface area contributed by atoms with Gasteiger partial charge in [-0.05, 0) is 18.8 Å².